The molecule has 3 aromatic carbocycles. The lowest BCUT2D eigenvalue weighted by Crippen LogP contribution is -2.14. The molecule has 0 aliphatic rings. The van der Waals surface area contributed by atoms with Crippen LogP contribution in [0.15, 0.2) is 76.1 Å². The quantitative estimate of drug-likeness (QED) is 0.434. The van der Waals surface area contributed by atoms with E-state index < -0.39 is 10.0 Å². The number of hydrogen-bond donors (Lipinski definition) is 1. The predicted octanol–water partition coefficient (Wildman–Crippen LogP) is 5.79. The zero-order valence-corrected chi connectivity index (χ0v) is 20.2. The Morgan fingerprint density at radius 2 is 1.61 bits per heavy atom. The molecule has 0 heterocycles. The molecule has 162 valence electrons. The van der Waals surface area contributed by atoms with Crippen molar-refractivity contribution in [3.63, 3.8) is 0 Å². The van der Waals surface area contributed by atoms with Gasteiger partial charge in [-0.05, 0) is 57.2 Å². The molecule has 0 aliphatic heterocycles. The van der Waals surface area contributed by atoms with E-state index in [0.717, 1.165) is 5.56 Å². The maximum atomic E-state index is 12.9. The number of anilines is 1. The van der Waals surface area contributed by atoms with Crippen LogP contribution in [-0.4, -0.2) is 21.3 Å². The Hall–Kier alpha value is -2.64. The van der Waals surface area contributed by atoms with Crippen LogP contribution in [0.2, 0.25) is 0 Å². The van der Waals surface area contributed by atoms with Gasteiger partial charge in [0.2, 0.25) is 0 Å². The maximum absolute atomic E-state index is 12.9. The molecule has 3 aromatic rings. The summed E-state index contributed by atoms with van der Waals surface area (Å²) >= 11 is 3.30. The SMILES string of the molecule is COc1ccc(S(=O)(=O)Nc2cccc(C(=O)c3ccc(C(C)(C)C)cc3)c2)cc1Br. The fourth-order valence-corrected chi connectivity index (χ4v) is 4.81. The summed E-state index contributed by atoms with van der Waals surface area (Å²) in [6.07, 6.45) is 0. The molecule has 0 fully saturated rings. The fourth-order valence-electron chi connectivity index (χ4n) is 3.04. The van der Waals surface area contributed by atoms with Gasteiger partial charge in [0.15, 0.2) is 5.78 Å². The van der Waals surface area contributed by atoms with Gasteiger partial charge in [-0.15, -0.1) is 0 Å². The number of nitrogens with one attached hydrogen (secondary N) is 1. The van der Waals surface area contributed by atoms with E-state index in [2.05, 4.69) is 41.4 Å². The highest BCUT2D eigenvalue weighted by Gasteiger charge is 2.18. The topological polar surface area (TPSA) is 72.5 Å². The first-order valence-corrected chi connectivity index (χ1v) is 11.9. The van der Waals surface area contributed by atoms with Gasteiger partial charge in [-0.1, -0.05) is 57.2 Å². The molecule has 0 aromatic heterocycles. The van der Waals surface area contributed by atoms with E-state index in [9.17, 15) is 13.2 Å². The highest BCUT2D eigenvalue weighted by Crippen LogP contribution is 2.29. The first-order chi connectivity index (χ1) is 14.5. The third kappa shape index (κ3) is 5.35. The number of carbonyl (C=O) groups excluding carboxylic acids is 1. The third-order valence-corrected chi connectivity index (χ3v) is 6.82. The van der Waals surface area contributed by atoms with Crippen molar-refractivity contribution in [2.75, 3.05) is 11.8 Å². The predicted molar refractivity (Wildman–Crippen MR) is 127 cm³/mol. The molecular weight excluding hydrogens is 478 g/mol. The number of benzene rings is 3. The number of carbonyl (C=O) groups is 1. The second-order valence-electron chi connectivity index (χ2n) is 8.14. The van der Waals surface area contributed by atoms with Gasteiger partial charge < -0.3 is 4.74 Å². The van der Waals surface area contributed by atoms with Gasteiger partial charge in [-0.2, -0.15) is 0 Å². The highest BCUT2D eigenvalue weighted by atomic mass is 79.9. The van der Waals surface area contributed by atoms with Gasteiger partial charge in [0.25, 0.3) is 10.0 Å². The Morgan fingerprint density at radius 3 is 2.19 bits per heavy atom. The van der Waals surface area contributed by atoms with Crippen LogP contribution in [0.5, 0.6) is 5.75 Å². The van der Waals surface area contributed by atoms with E-state index in [4.69, 9.17) is 4.74 Å². The average molecular weight is 502 g/mol. The van der Waals surface area contributed by atoms with Crippen LogP contribution >= 0.6 is 15.9 Å². The Bertz CT molecular complexity index is 1210. The Balaban J connectivity index is 1.84. The molecule has 0 atom stereocenters. The van der Waals surface area contributed by atoms with Crippen molar-refractivity contribution in [2.45, 2.75) is 31.1 Å². The van der Waals surface area contributed by atoms with Crippen LogP contribution in [0, 0.1) is 0 Å². The van der Waals surface area contributed by atoms with Crippen molar-refractivity contribution in [1.82, 2.24) is 0 Å². The number of ether oxygens (including phenoxy) is 1. The number of hydrogen-bond acceptors (Lipinski definition) is 4. The zero-order chi connectivity index (χ0) is 22.8. The van der Waals surface area contributed by atoms with Crippen molar-refractivity contribution >= 4 is 37.4 Å². The zero-order valence-electron chi connectivity index (χ0n) is 17.8. The fraction of sp³-hybridized carbons (Fsp3) is 0.208. The maximum Gasteiger partial charge on any atom is 0.261 e. The summed E-state index contributed by atoms with van der Waals surface area (Å²) in [6.45, 7) is 6.34. The summed E-state index contributed by atoms with van der Waals surface area (Å²) in [4.78, 5) is 13.0. The number of halogens is 1. The minimum absolute atomic E-state index is 0.00375. The minimum atomic E-state index is -3.84. The van der Waals surface area contributed by atoms with Crippen LogP contribution in [-0.2, 0) is 15.4 Å². The van der Waals surface area contributed by atoms with Crippen LogP contribution in [0.1, 0.15) is 42.3 Å². The molecule has 3 rings (SSSR count). The molecule has 0 saturated carbocycles. The number of ketones is 1. The van der Waals surface area contributed by atoms with Crippen LogP contribution in [0.25, 0.3) is 0 Å². The first kappa shape index (κ1) is 23.0. The first-order valence-electron chi connectivity index (χ1n) is 9.63. The van der Waals surface area contributed by atoms with Gasteiger partial charge in [-0.3, -0.25) is 9.52 Å². The number of sulfonamides is 1. The van der Waals surface area contributed by atoms with E-state index in [0.29, 0.717) is 27.0 Å². The number of methoxy groups -OCH3 is 1. The summed E-state index contributed by atoms with van der Waals surface area (Å²) in [6, 6.07) is 18.4. The standard InChI is InChI=1S/C24H24BrNO4S/c1-24(2,3)18-10-8-16(9-11-18)23(27)17-6-5-7-19(14-17)26-31(28,29)20-12-13-22(30-4)21(25)15-20/h5-15,26H,1-4H3. The number of rotatable bonds is 6. The van der Waals surface area contributed by atoms with E-state index in [1.165, 1.54) is 25.3 Å². The monoisotopic (exact) mass is 501 g/mol. The second kappa shape index (κ2) is 8.85. The molecule has 0 bridgehead atoms. The van der Waals surface area contributed by atoms with Gasteiger partial charge >= 0.3 is 0 Å². The molecule has 1 N–H and O–H groups in total. The van der Waals surface area contributed by atoms with E-state index in [1.54, 1.807) is 36.4 Å². The molecule has 0 spiro atoms. The Morgan fingerprint density at radius 1 is 0.935 bits per heavy atom. The largest absolute Gasteiger partial charge is 0.496 e. The van der Waals surface area contributed by atoms with Crippen molar-refractivity contribution in [3.05, 3.63) is 87.9 Å². The van der Waals surface area contributed by atoms with Crippen molar-refractivity contribution < 1.29 is 17.9 Å². The van der Waals surface area contributed by atoms with E-state index in [1.807, 2.05) is 12.1 Å². The van der Waals surface area contributed by atoms with Crippen LogP contribution in [0.3, 0.4) is 0 Å². The van der Waals surface area contributed by atoms with Crippen molar-refractivity contribution in [2.24, 2.45) is 0 Å². The van der Waals surface area contributed by atoms with Gasteiger partial charge in [0.05, 0.1) is 16.5 Å². The molecule has 5 nitrogen and oxygen atoms in total. The van der Waals surface area contributed by atoms with Crippen LogP contribution < -0.4 is 9.46 Å². The second-order valence-corrected chi connectivity index (χ2v) is 10.7. The van der Waals surface area contributed by atoms with Crippen LogP contribution in [0.4, 0.5) is 5.69 Å². The summed E-state index contributed by atoms with van der Waals surface area (Å²) < 4.78 is 33.8. The highest BCUT2D eigenvalue weighted by molar-refractivity contribution is 9.10. The summed E-state index contributed by atoms with van der Waals surface area (Å²) in [5.74, 6) is 0.359. The van der Waals surface area contributed by atoms with Gasteiger partial charge in [0.1, 0.15) is 5.75 Å². The molecular formula is C24H24BrNO4S. The normalized spacial score (nSPS) is 11.8. The van der Waals surface area contributed by atoms with E-state index in [-0.39, 0.29) is 16.1 Å². The van der Waals surface area contributed by atoms with Crippen molar-refractivity contribution in [1.29, 1.82) is 0 Å². The smallest absolute Gasteiger partial charge is 0.261 e. The Labute approximate surface area is 191 Å². The lowest BCUT2D eigenvalue weighted by Gasteiger charge is -2.19. The van der Waals surface area contributed by atoms with E-state index >= 15 is 0 Å². The molecule has 0 aliphatic carbocycles. The van der Waals surface area contributed by atoms with Crippen molar-refractivity contribution in [3.8, 4) is 5.75 Å². The average Bonchev–Trinajstić information content (AvgIpc) is 2.72. The van der Waals surface area contributed by atoms with Gasteiger partial charge in [-0.25, -0.2) is 8.42 Å². The third-order valence-electron chi connectivity index (χ3n) is 4.82. The minimum Gasteiger partial charge on any atom is -0.496 e. The molecule has 31 heavy (non-hydrogen) atoms. The molecule has 0 amide bonds. The van der Waals surface area contributed by atoms with Gasteiger partial charge in [0, 0.05) is 16.8 Å². The summed E-state index contributed by atoms with van der Waals surface area (Å²) in [7, 11) is -2.33. The molecule has 0 unspecified atom stereocenters. The Kier molecular flexibility index (Phi) is 6.57. The lowest BCUT2D eigenvalue weighted by atomic mass is 9.86. The lowest BCUT2D eigenvalue weighted by molar-refractivity contribution is 0.103. The molecule has 0 saturated heterocycles. The molecule has 7 heteroatoms. The summed E-state index contributed by atoms with van der Waals surface area (Å²) in [5.41, 5.74) is 2.39. The molecule has 0 radical (unpaired) electrons. The summed E-state index contributed by atoms with van der Waals surface area (Å²) in [5, 5.41) is 0.